The van der Waals surface area contributed by atoms with E-state index >= 15 is 0 Å². The Bertz CT molecular complexity index is 949. The molecule has 3 aromatic rings. The molecule has 0 saturated heterocycles. The van der Waals surface area contributed by atoms with E-state index in [-0.39, 0.29) is 11.8 Å². The van der Waals surface area contributed by atoms with Gasteiger partial charge < -0.3 is 0 Å². The van der Waals surface area contributed by atoms with Crippen molar-refractivity contribution in [1.29, 1.82) is 0 Å². The fourth-order valence-electron chi connectivity index (χ4n) is 3.18. The van der Waals surface area contributed by atoms with Crippen molar-refractivity contribution >= 4 is 23.2 Å². The maximum Gasteiger partial charge on any atom is 0.261 e. The Hall–Kier alpha value is -2.83. The molecule has 2 aromatic heterocycles. The summed E-state index contributed by atoms with van der Waals surface area (Å²) in [6, 6.07) is 15.2. The molecule has 0 bridgehead atoms. The number of imide groups is 1. The largest absolute Gasteiger partial charge is 0.300 e. The molecule has 0 unspecified atom stereocenters. The lowest BCUT2D eigenvalue weighted by atomic mass is 10.1. The van der Waals surface area contributed by atoms with Gasteiger partial charge in [-0.05, 0) is 37.4 Å². The summed E-state index contributed by atoms with van der Waals surface area (Å²) in [6.45, 7) is 1.80. The highest BCUT2D eigenvalue weighted by atomic mass is 32.1. The zero-order valence-corrected chi connectivity index (χ0v) is 15.8. The summed E-state index contributed by atoms with van der Waals surface area (Å²) in [5, 5.41) is 0. The van der Waals surface area contributed by atoms with Crippen LogP contribution in [0.1, 0.15) is 25.6 Å². The minimum atomic E-state index is -0.195. The first-order valence-electron chi connectivity index (χ1n) is 8.76. The van der Waals surface area contributed by atoms with Gasteiger partial charge in [-0.25, -0.2) is 0 Å². The number of carbonyl (C=O) groups is 2. The zero-order chi connectivity index (χ0) is 18.8. The number of rotatable bonds is 6. The van der Waals surface area contributed by atoms with Crippen molar-refractivity contribution in [2.75, 3.05) is 20.1 Å². The summed E-state index contributed by atoms with van der Waals surface area (Å²) in [7, 11) is 2.00. The van der Waals surface area contributed by atoms with Crippen LogP contribution in [0.2, 0.25) is 0 Å². The second kappa shape index (κ2) is 7.42. The lowest BCUT2D eigenvalue weighted by Gasteiger charge is -2.20. The number of thiophene rings is 1. The van der Waals surface area contributed by atoms with E-state index in [1.165, 1.54) is 14.7 Å². The molecule has 0 aliphatic carbocycles. The second-order valence-electron chi connectivity index (χ2n) is 6.55. The van der Waals surface area contributed by atoms with Gasteiger partial charge in [0.15, 0.2) is 0 Å². The van der Waals surface area contributed by atoms with E-state index < -0.39 is 0 Å². The van der Waals surface area contributed by atoms with Gasteiger partial charge >= 0.3 is 0 Å². The quantitative estimate of drug-likeness (QED) is 0.617. The van der Waals surface area contributed by atoms with Crippen LogP contribution in [-0.4, -0.2) is 46.7 Å². The van der Waals surface area contributed by atoms with Crippen LogP contribution in [0.4, 0.5) is 0 Å². The van der Waals surface area contributed by atoms with Gasteiger partial charge in [-0.1, -0.05) is 18.2 Å². The summed E-state index contributed by atoms with van der Waals surface area (Å²) < 4.78 is 0. The van der Waals surface area contributed by atoms with Crippen LogP contribution in [0, 0.1) is 0 Å². The molecule has 2 amide bonds. The van der Waals surface area contributed by atoms with Crippen molar-refractivity contribution in [3.63, 3.8) is 0 Å². The number of aromatic nitrogens is 1. The molecule has 0 N–H and O–H groups in total. The fraction of sp³-hybridized carbons (Fsp3) is 0.190. The Balaban J connectivity index is 1.36. The number of hydrogen-bond donors (Lipinski definition) is 0. The third-order valence-electron chi connectivity index (χ3n) is 4.62. The minimum Gasteiger partial charge on any atom is -0.300 e. The SMILES string of the molecule is CN(CCN1C(=O)c2ccccc2C1=O)Cc1ccc(-c2cccnc2)s1. The fourth-order valence-corrected chi connectivity index (χ4v) is 4.26. The van der Waals surface area contributed by atoms with Gasteiger partial charge in [0, 0.05) is 47.3 Å². The normalized spacial score (nSPS) is 13.5. The monoisotopic (exact) mass is 377 g/mol. The summed E-state index contributed by atoms with van der Waals surface area (Å²) in [6.07, 6.45) is 3.63. The van der Waals surface area contributed by atoms with E-state index in [1.54, 1.807) is 41.8 Å². The molecule has 1 aromatic carbocycles. The van der Waals surface area contributed by atoms with E-state index in [2.05, 4.69) is 28.1 Å². The third-order valence-corrected chi connectivity index (χ3v) is 5.74. The van der Waals surface area contributed by atoms with E-state index in [0.29, 0.717) is 24.2 Å². The maximum absolute atomic E-state index is 12.4. The van der Waals surface area contributed by atoms with E-state index in [4.69, 9.17) is 0 Å². The average molecular weight is 377 g/mol. The standard InChI is InChI=1S/C21H19N3O2S/c1-23(14-16-8-9-19(27-16)15-5-4-10-22-13-15)11-12-24-20(25)17-6-2-3-7-18(17)21(24)26/h2-10,13H,11-12,14H2,1H3. The molecule has 3 heterocycles. The summed E-state index contributed by atoms with van der Waals surface area (Å²) in [4.78, 5) is 34.9. The van der Waals surface area contributed by atoms with Gasteiger partial charge in [-0.3, -0.25) is 24.4 Å². The molecule has 0 fully saturated rings. The molecule has 0 atom stereocenters. The van der Waals surface area contributed by atoms with Gasteiger partial charge in [-0.2, -0.15) is 0 Å². The molecule has 0 saturated carbocycles. The second-order valence-corrected chi connectivity index (χ2v) is 7.72. The number of carbonyl (C=O) groups excluding carboxylic acids is 2. The van der Waals surface area contributed by atoms with Crippen LogP contribution in [-0.2, 0) is 6.54 Å². The van der Waals surface area contributed by atoms with Gasteiger partial charge in [0.1, 0.15) is 0 Å². The Labute approximate surface area is 161 Å². The molecule has 1 aliphatic rings. The molecule has 4 rings (SSSR count). The van der Waals surface area contributed by atoms with Crippen LogP contribution in [0.15, 0.2) is 60.9 Å². The summed E-state index contributed by atoms with van der Waals surface area (Å²) in [5.41, 5.74) is 2.12. The predicted molar refractivity (Wildman–Crippen MR) is 106 cm³/mol. The zero-order valence-electron chi connectivity index (χ0n) is 15.0. The Morgan fingerprint density at radius 3 is 2.41 bits per heavy atom. The molecule has 5 nitrogen and oxygen atoms in total. The molecule has 0 spiro atoms. The minimum absolute atomic E-state index is 0.195. The van der Waals surface area contributed by atoms with Crippen molar-refractivity contribution in [2.24, 2.45) is 0 Å². The maximum atomic E-state index is 12.4. The van der Waals surface area contributed by atoms with Gasteiger partial charge in [-0.15, -0.1) is 11.3 Å². The van der Waals surface area contributed by atoms with E-state index in [9.17, 15) is 9.59 Å². The van der Waals surface area contributed by atoms with Gasteiger partial charge in [0.05, 0.1) is 11.1 Å². The van der Waals surface area contributed by atoms with Crippen molar-refractivity contribution in [3.05, 3.63) is 76.9 Å². The topological polar surface area (TPSA) is 53.5 Å². The first kappa shape index (κ1) is 17.6. The van der Waals surface area contributed by atoms with Crippen LogP contribution < -0.4 is 0 Å². The molecule has 1 aliphatic heterocycles. The van der Waals surface area contributed by atoms with E-state index in [0.717, 1.165) is 12.1 Å². The molecule has 0 radical (unpaired) electrons. The van der Waals surface area contributed by atoms with E-state index in [1.807, 2.05) is 19.3 Å². The van der Waals surface area contributed by atoms with Crippen molar-refractivity contribution in [3.8, 4) is 10.4 Å². The van der Waals surface area contributed by atoms with Crippen molar-refractivity contribution in [2.45, 2.75) is 6.54 Å². The van der Waals surface area contributed by atoms with Crippen molar-refractivity contribution < 1.29 is 9.59 Å². The van der Waals surface area contributed by atoms with Gasteiger partial charge in [0.2, 0.25) is 0 Å². The number of amides is 2. The lowest BCUT2D eigenvalue weighted by Crippen LogP contribution is -2.36. The number of likely N-dealkylation sites (N-methyl/N-ethyl adjacent to an activating group) is 1. The molecular formula is C21H19N3O2S. The number of pyridine rings is 1. The Morgan fingerprint density at radius 1 is 1.00 bits per heavy atom. The van der Waals surface area contributed by atoms with Crippen molar-refractivity contribution in [1.82, 2.24) is 14.8 Å². The highest BCUT2D eigenvalue weighted by Crippen LogP contribution is 2.28. The first-order valence-corrected chi connectivity index (χ1v) is 9.58. The number of nitrogens with zero attached hydrogens (tertiary/aromatic N) is 3. The smallest absolute Gasteiger partial charge is 0.261 e. The molecule has 136 valence electrons. The number of benzene rings is 1. The molecular weight excluding hydrogens is 358 g/mol. The van der Waals surface area contributed by atoms with Crippen LogP contribution in [0.25, 0.3) is 10.4 Å². The van der Waals surface area contributed by atoms with Crippen LogP contribution in [0.3, 0.4) is 0 Å². The van der Waals surface area contributed by atoms with Crippen LogP contribution in [0.5, 0.6) is 0 Å². The summed E-state index contributed by atoms with van der Waals surface area (Å²) >= 11 is 1.73. The highest BCUT2D eigenvalue weighted by molar-refractivity contribution is 7.15. The average Bonchev–Trinajstić information content (AvgIpc) is 3.25. The highest BCUT2D eigenvalue weighted by Gasteiger charge is 2.34. The Morgan fingerprint density at radius 2 is 1.74 bits per heavy atom. The van der Waals surface area contributed by atoms with Gasteiger partial charge in [0.25, 0.3) is 11.8 Å². The molecule has 27 heavy (non-hydrogen) atoms. The lowest BCUT2D eigenvalue weighted by molar-refractivity contribution is 0.0640. The molecule has 6 heteroatoms. The number of fused-ring (bicyclic) bond motifs is 1. The first-order chi connectivity index (χ1) is 13.1. The third kappa shape index (κ3) is 3.54. The number of hydrogen-bond acceptors (Lipinski definition) is 5. The summed E-state index contributed by atoms with van der Waals surface area (Å²) in [5.74, 6) is -0.391. The predicted octanol–water partition coefficient (Wildman–Crippen LogP) is 3.54. The van der Waals surface area contributed by atoms with Crippen LogP contribution >= 0.6 is 11.3 Å². The Kier molecular flexibility index (Phi) is 4.83.